The predicted octanol–water partition coefficient (Wildman–Crippen LogP) is 0.416. The smallest absolute Gasteiger partial charge is 0.236 e. The minimum Gasteiger partial charge on any atom is -0.348 e. The average Bonchev–Trinajstić information content (AvgIpc) is 1.83. The lowest BCUT2D eigenvalue weighted by Gasteiger charge is -2.45. The second kappa shape index (κ2) is 3.05. The van der Waals surface area contributed by atoms with Crippen LogP contribution in [0.1, 0.15) is 13.8 Å². The summed E-state index contributed by atoms with van der Waals surface area (Å²) in [5.74, 6) is 0.200. The van der Waals surface area contributed by atoms with Crippen LogP contribution >= 0.6 is 0 Å². The van der Waals surface area contributed by atoms with Gasteiger partial charge in [-0.15, -0.1) is 0 Å². The molecule has 1 aliphatic rings. The lowest BCUT2D eigenvalue weighted by atomic mass is 9.84. The van der Waals surface area contributed by atoms with Gasteiger partial charge in [-0.25, -0.2) is 0 Å². The summed E-state index contributed by atoms with van der Waals surface area (Å²) in [4.78, 5) is 15.1. The summed E-state index contributed by atoms with van der Waals surface area (Å²) in [6.07, 6.45) is 0. The molecule has 0 bridgehead atoms. The molecule has 70 valence electrons. The predicted molar refractivity (Wildman–Crippen MR) is 48.9 cm³/mol. The molecule has 0 spiro atoms. The molecule has 3 heteroatoms. The van der Waals surface area contributed by atoms with Gasteiger partial charge >= 0.3 is 0 Å². The molecule has 0 aromatic carbocycles. The molecule has 1 saturated heterocycles. The Balaban J connectivity index is 2.23. The fourth-order valence-electron chi connectivity index (χ4n) is 1.61. The largest absolute Gasteiger partial charge is 0.348 e. The summed E-state index contributed by atoms with van der Waals surface area (Å²) in [7, 11) is 3.60. The van der Waals surface area contributed by atoms with Crippen LogP contribution in [0.3, 0.4) is 0 Å². The number of hydrogen-bond donors (Lipinski definition) is 0. The number of nitrogens with zero attached hydrogens (tertiary/aromatic N) is 2. The first-order chi connectivity index (χ1) is 5.41. The first-order valence-electron chi connectivity index (χ1n) is 4.33. The number of likely N-dealkylation sites (N-methyl/N-ethyl adjacent to an activating group) is 1. The Morgan fingerprint density at radius 1 is 1.42 bits per heavy atom. The summed E-state index contributed by atoms with van der Waals surface area (Å²) in [6.45, 7) is 7.13. The van der Waals surface area contributed by atoms with Crippen molar-refractivity contribution in [3.8, 4) is 0 Å². The molecule has 0 aromatic heterocycles. The minimum absolute atomic E-state index is 0.200. The summed E-state index contributed by atoms with van der Waals surface area (Å²) in [6, 6.07) is 0. The van der Waals surface area contributed by atoms with E-state index in [4.69, 9.17) is 0 Å². The van der Waals surface area contributed by atoms with E-state index in [1.807, 2.05) is 0 Å². The number of carbonyl (C=O) groups is 1. The molecule has 1 aliphatic heterocycles. The number of amides is 1. The van der Waals surface area contributed by atoms with Crippen molar-refractivity contribution in [3.63, 3.8) is 0 Å². The van der Waals surface area contributed by atoms with Gasteiger partial charge in [-0.3, -0.25) is 9.69 Å². The number of carbonyl (C=O) groups excluding carboxylic acids is 1. The van der Waals surface area contributed by atoms with Crippen LogP contribution in [0.5, 0.6) is 0 Å². The van der Waals surface area contributed by atoms with Crippen molar-refractivity contribution >= 4 is 5.91 Å². The zero-order valence-corrected chi connectivity index (χ0v) is 8.42. The Labute approximate surface area is 74.3 Å². The van der Waals surface area contributed by atoms with Gasteiger partial charge in [-0.2, -0.15) is 0 Å². The van der Waals surface area contributed by atoms with Crippen LogP contribution in [-0.4, -0.2) is 49.4 Å². The van der Waals surface area contributed by atoms with E-state index in [1.165, 1.54) is 0 Å². The van der Waals surface area contributed by atoms with E-state index in [1.54, 1.807) is 19.0 Å². The van der Waals surface area contributed by atoms with Crippen LogP contribution < -0.4 is 0 Å². The Morgan fingerprint density at radius 3 is 2.25 bits per heavy atom. The van der Waals surface area contributed by atoms with Gasteiger partial charge in [-0.05, 0) is 5.41 Å². The summed E-state index contributed by atoms with van der Waals surface area (Å²) < 4.78 is 0. The second-order valence-electron chi connectivity index (χ2n) is 4.60. The summed E-state index contributed by atoms with van der Waals surface area (Å²) in [5, 5.41) is 0. The van der Waals surface area contributed by atoms with Crippen LogP contribution in [0, 0.1) is 5.41 Å². The second-order valence-corrected chi connectivity index (χ2v) is 4.60. The molecular formula is C9H18N2O. The van der Waals surface area contributed by atoms with Crippen molar-refractivity contribution in [2.75, 3.05) is 33.7 Å². The molecule has 12 heavy (non-hydrogen) atoms. The van der Waals surface area contributed by atoms with Gasteiger partial charge in [0, 0.05) is 27.2 Å². The third-order valence-corrected chi connectivity index (χ3v) is 2.16. The summed E-state index contributed by atoms with van der Waals surface area (Å²) >= 11 is 0. The molecule has 0 atom stereocenters. The zero-order valence-electron chi connectivity index (χ0n) is 8.42. The standard InChI is InChI=1S/C9H18N2O/c1-9(2)6-11(7-9)5-8(12)10(3)4/h5-7H2,1-4H3. The molecule has 0 aromatic rings. The Hall–Kier alpha value is -0.570. The maximum atomic E-state index is 11.2. The molecule has 0 N–H and O–H groups in total. The monoisotopic (exact) mass is 170 g/mol. The molecule has 0 unspecified atom stereocenters. The lowest BCUT2D eigenvalue weighted by Crippen LogP contribution is -2.55. The van der Waals surface area contributed by atoms with Gasteiger partial charge in [0.05, 0.1) is 6.54 Å². The highest BCUT2D eigenvalue weighted by atomic mass is 16.2. The zero-order chi connectivity index (χ0) is 9.35. The van der Waals surface area contributed by atoms with Crippen LogP contribution in [-0.2, 0) is 4.79 Å². The van der Waals surface area contributed by atoms with Gasteiger partial charge in [0.25, 0.3) is 0 Å². The van der Waals surface area contributed by atoms with Gasteiger partial charge < -0.3 is 4.90 Å². The lowest BCUT2D eigenvalue weighted by molar-refractivity contribution is -0.132. The van der Waals surface area contributed by atoms with Crippen molar-refractivity contribution in [1.29, 1.82) is 0 Å². The molecule has 1 amide bonds. The SMILES string of the molecule is CN(C)C(=O)CN1CC(C)(C)C1. The molecule has 0 radical (unpaired) electrons. The summed E-state index contributed by atoms with van der Waals surface area (Å²) in [5.41, 5.74) is 0.423. The average molecular weight is 170 g/mol. The minimum atomic E-state index is 0.200. The number of rotatable bonds is 2. The highest BCUT2D eigenvalue weighted by Crippen LogP contribution is 2.27. The van der Waals surface area contributed by atoms with Crippen molar-refractivity contribution in [3.05, 3.63) is 0 Å². The van der Waals surface area contributed by atoms with Gasteiger partial charge in [0.15, 0.2) is 0 Å². The maximum absolute atomic E-state index is 11.2. The van der Waals surface area contributed by atoms with Crippen LogP contribution in [0.15, 0.2) is 0 Å². The fraction of sp³-hybridized carbons (Fsp3) is 0.889. The highest BCUT2D eigenvalue weighted by molar-refractivity contribution is 5.77. The Morgan fingerprint density at radius 2 is 1.92 bits per heavy atom. The third kappa shape index (κ3) is 2.21. The quantitative estimate of drug-likeness (QED) is 0.599. The first kappa shape index (κ1) is 9.52. The maximum Gasteiger partial charge on any atom is 0.236 e. The van der Waals surface area contributed by atoms with Gasteiger partial charge in [0.2, 0.25) is 5.91 Å². The molecule has 1 rings (SSSR count). The molecule has 0 aliphatic carbocycles. The van der Waals surface area contributed by atoms with E-state index in [9.17, 15) is 4.79 Å². The normalized spacial score (nSPS) is 21.7. The van der Waals surface area contributed by atoms with E-state index >= 15 is 0 Å². The Bertz CT molecular complexity index is 179. The number of likely N-dealkylation sites (tertiary alicyclic amines) is 1. The van der Waals surface area contributed by atoms with E-state index in [0.29, 0.717) is 12.0 Å². The van der Waals surface area contributed by atoms with Crippen LogP contribution in [0.4, 0.5) is 0 Å². The van der Waals surface area contributed by atoms with Gasteiger partial charge in [-0.1, -0.05) is 13.8 Å². The molecule has 0 saturated carbocycles. The highest BCUT2D eigenvalue weighted by Gasteiger charge is 2.34. The van der Waals surface area contributed by atoms with Crippen molar-refractivity contribution in [2.45, 2.75) is 13.8 Å². The van der Waals surface area contributed by atoms with Crippen LogP contribution in [0.2, 0.25) is 0 Å². The van der Waals surface area contributed by atoms with Crippen molar-refractivity contribution < 1.29 is 4.79 Å². The topological polar surface area (TPSA) is 23.6 Å². The molecule has 3 nitrogen and oxygen atoms in total. The number of hydrogen-bond acceptors (Lipinski definition) is 2. The van der Waals surface area contributed by atoms with E-state index in [-0.39, 0.29) is 5.91 Å². The molecule has 1 fully saturated rings. The van der Waals surface area contributed by atoms with E-state index < -0.39 is 0 Å². The molecular weight excluding hydrogens is 152 g/mol. The Kier molecular flexibility index (Phi) is 2.42. The van der Waals surface area contributed by atoms with E-state index in [2.05, 4.69) is 18.7 Å². The van der Waals surface area contributed by atoms with Gasteiger partial charge in [0.1, 0.15) is 0 Å². The van der Waals surface area contributed by atoms with Crippen LogP contribution in [0.25, 0.3) is 0 Å². The van der Waals surface area contributed by atoms with E-state index in [0.717, 1.165) is 13.1 Å². The fourth-order valence-corrected chi connectivity index (χ4v) is 1.61. The third-order valence-electron chi connectivity index (χ3n) is 2.16. The first-order valence-corrected chi connectivity index (χ1v) is 4.33. The van der Waals surface area contributed by atoms with Crippen molar-refractivity contribution in [1.82, 2.24) is 9.80 Å². The molecule has 1 heterocycles. The van der Waals surface area contributed by atoms with Crippen molar-refractivity contribution in [2.24, 2.45) is 5.41 Å².